The monoisotopic (exact) mass is 284 g/mol. The number of ether oxygens (including phenoxy) is 1. The van der Waals surface area contributed by atoms with Gasteiger partial charge >= 0.3 is 5.97 Å². The average molecular weight is 284 g/mol. The van der Waals surface area contributed by atoms with E-state index < -0.39 is 12.0 Å². The summed E-state index contributed by atoms with van der Waals surface area (Å²) in [6.45, 7) is 7.48. The molecule has 0 bridgehead atoms. The topological polar surface area (TPSA) is 81.4 Å². The normalized spacial score (nSPS) is 12.9. The van der Waals surface area contributed by atoms with E-state index in [2.05, 4.69) is 10.1 Å². The second kappa shape index (κ2) is 5.71. The van der Waals surface area contributed by atoms with Gasteiger partial charge in [0.05, 0.1) is 18.8 Å². The lowest BCUT2D eigenvalue weighted by molar-refractivity contribution is -0.119. The van der Waals surface area contributed by atoms with E-state index in [1.54, 1.807) is 5.38 Å². The number of hydrogen-bond acceptors (Lipinski definition) is 5. The van der Waals surface area contributed by atoms with E-state index in [0.29, 0.717) is 10.6 Å². The van der Waals surface area contributed by atoms with Crippen LogP contribution in [0.3, 0.4) is 0 Å². The van der Waals surface area contributed by atoms with Gasteiger partial charge in [-0.3, -0.25) is 4.79 Å². The van der Waals surface area contributed by atoms with Crippen LogP contribution in [-0.2, 0) is 9.53 Å². The van der Waals surface area contributed by atoms with Gasteiger partial charge in [0.2, 0.25) is 5.91 Å². The predicted molar refractivity (Wildman–Crippen MR) is 76.5 cm³/mol. The maximum atomic E-state index is 12.1. The van der Waals surface area contributed by atoms with E-state index >= 15 is 0 Å². The lowest BCUT2D eigenvalue weighted by Gasteiger charge is -2.26. The van der Waals surface area contributed by atoms with Crippen molar-refractivity contribution in [3.05, 3.63) is 15.8 Å². The van der Waals surface area contributed by atoms with Gasteiger partial charge in [0.25, 0.3) is 0 Å². The van der Waals surface area contributed by atoms with E-state index in [1.807, 2.05) is 27.7 Å². The fourth-order valence-electron chi connectivity index (χ4n) is 1.44. The van der Waals surface area contributed by atoms with Crippen molar-refractivity contribution in [3.8, 4) is 0 Å². The molecule has 0 aromatic carbocycles. The SMILES string of the molecule is COC(=O)c1scc(C)c1NC(=O)[C@H](N)C(C)(C)C. The van der Waals surface area contributed by atoms with Crippen molar-refractivity contribution in [2.45, 2.75) is 33.7 Å². The summed E-state index contributed by atoms with van der Waals surface area (Å²) in [6, 6.07) is -0.655. The van der Waals surface area contributed by atoms with Crippen LogP contribution < -0.4 is 11.1 Å². The summed E-state index contributed by atoms with van der Waals surface area (Å²) in [6.07, 6.45) is 0. The van der Waals surface area contributed by atoms with Crippen LogP contribution in [0.4, 0.5) is 5.69 Å². The van der Waals surface area contributed by atoms with Gasteiger partial charge in [0.15, 0.2) is 0 Å². The third kappa shape index (κ3) is 3.54. The van der Waals surface area contributed by atoms with Gasteiger partial charge in [0.1, 0.15) is 4.88 Å². The number of anilines is 1. The number of rotatable bonds is 3. The Kier molecular flexibility index (Phi) is 4.70. The molecule has 106 valence electrons. The van der Waals surface area contributed by atoms with Crippen molar-refractivity contribution < 1.29 is 14.3 Å². The molecule has 6 heteroatoms. The summed E-state index contributed by atoms with van der Waals surface area (Å²) in [4.78, 5) is 24.1. The fourth-order valence-corrected chi connectivity index (χ4v) is 2.36. The minimum absolute atomic E-state index is 0.306. The smallest absolute Gasteiger partial charge is 0.350 e. The molecule has 0 aliphatic carbocycles. The minimum Gasteiger partial charge on any atom is -0.465 e. The van der Waals surface area contributed by atoms with Crippen LogP contribution >= 0.6 is 11.3 Å². The second-order valence-corrected chi connectivity index (χ2v) is 6.33. The first-order valence-electron chi connectivity index (χ1n) is 5.91. The van der Waals surface area contributed by atoms with Crippen molar-refractivity contribution in [2.75, 3.05) is 12.4 Å². The standard InChI is InChI=1S/C13H20N2O3S/c1-7-6-19-9(12(17)18-5)8(7)15-11(16)10(14)13(2,3)4/h6,10H,14H2,1-5H3,(H,15,16)/t10-/m0/s1. The molecular weight excluding hydrogens is 264 g/mol. The van der Waals surface area contributed by atoms with Gasteiger partial charge in [-0.05, 0) is 23.3 Å². The molecule has 0 aliphatic rings. The molecule has 1 atom stereocenters. The first-order valence-corrected chi connectivity index (χ1v) is 6.79. The summed E-state index contributed by atoms with van der Waals surface area (Å²) in [5.41, 5.74) is 6.85. The molecule has 3 N–H and O–H groups in total. The predicted octanol–water partition coefficient (Wildman–Crippen LogP) is 2.16. The Hall–Kier alpha value is -1.40. The molecule has 19 heavy (non-hydrogen) atoms. The zero-order valence-corrected chi connectivity index (χ0v) is 12.7. The number of methoxy groups -OCH3 is 1. The van der Waals surface area contributed by atoms with Gasteiger partial charge in [-0.15, -0.1) is 11.3 Å². The molecule has 0 fully saturated rings. The van der Waals surface area contributed by atoms with Gasteiger partial charge in [-0.2, -0.15) is 0 Å². The zero-order valence-electron chi connectivity index (χ0n) is 11.9. The number of nitrogens with one attached hydrogen (secondary N) is 1. The summed E-state index contributed by atoms with van der Waals surface area (Å²) < 4.78 is 4.69. The molecule has 1 aromatic heterocycles. The molecule has 0 saturated carbocycles. The summed E-state index contributed by atoms with van der Waals surface area (Å²) in [5.74, 6) is -0.767. The van der Waals surface area contributed by atoms with Crippen molar-refractivity contribution in [2.24, 2.45) is 11.1 Å². The highest BCUT2D eigenvalue weighted by atomic mass is 32.1. The number of nitrogens with two attached hydrogens (primary N) is 1. The van der Waals surface area contributed by atoms with Crippen LogP contribution in [0.25, 0.3) is 0 Å². The second-order valence-electron chi connectivity index (χ2n) is 5.45. The van der Waals surface area contributed by atoms with Gasteiger partial charge in [0, 0.05) is 0 Å². The minimum atomic E-state index is -0.655. The molecule has 0 aliphatic heterocycles. The maximum absolute atomic E-state index is 12.1. The Morgan fingerprint density at radius 1 is 1.42 bits per heavy atom. The molecule has 0 spiro atoms. The molecule has 0 unspecified atom stereocenters. The number of hydrogen-bond donors (Lipinski definition) is 2. The van der Waals surface area contributed by atoms with E-state index in [-0.39, 0.29) is 11.3 Å². The molecule has 5 nitrogen and oxygen atoms in total. The lowest BCUT2D eigenvalue weighted by atomic mass is 9.87. The largest absolute Gasteiger partial charge is 0.465 e. The number of thiophene rings is 1. The van der Waals surface area contributed by atoms with Gasteiger partial charge in [-0.25, -0.2) is 4.79 Å². The van der Waals surface area contributed by atoms with Crippen molar-refractivity contribution in [1.82, 2.24) is 0 Å². The maximum Gasteiger partial charge on any atom is 0.350 e. The molecule has 1 rings (SSSR count). The Morgan fingerprint density at radius 3 is 2.47 bits per heavy atom. The molecule has 1 aromatic rings. The highest BCUT2D eigenvalue weighted by Crippen LogP contribution is 2.29. The summed E-state index contributed by atoms with van der Waals surface area (Å²) in [7, 11) is 1.31. The number of aryl methyl sites for hydroxylation is 1. The summed E-state index contributed by atoms with van der Waals surface area (Å²) in [5, 5.41) is 4.52. The molecular formula is C13H20N2O3S. The highest BCUT2D eigenvalue weighted by molar-refractivity contribution is 7.12. The number of esters is 1. The Morgan fingerprint density at radius 2 is 2.00 bits per heavy atom. The fraction of sp³-hybridized carbons (Fsp3) is 0.538. The summed E-state index contributed by atoms with van der Waals surface area (Å²) >= 11 is 1.24. The van der Waals surface area contributed by atoms with Gasteiger partial charge in [-0.1, -0.05) is 20.8 Å². The number of carbonyl (C=O) groups is 2. The van der Waals surface area contributed by atoms with Gasteiger partial charge < -0.3 is 15.8 Å². The van der Waals surface area contributed by atoms with Crippen LogP contribution in [0.5, 0.6) is 0 Å². The van der Waals surface area contributed by atoms with Crippen LogP contribution in [0.2, 0.25) is 0 Å². The Labute approximate surface area is 117 Å². The first kappa shape index (κ1) is 15.7. The lowest BCUT2D eigenvalue weighted by Crippen LogP contribution is -2.45. The van der Waals surface area contributed by atoms with Crippen LogP contribution in [0.15, 0.2) is 5.38 Å². The van der Waals surface area contributed by atoms with E-state index in [0.717, 1.165) is 5.56 Å². The molecule has 1 amide bonds. The number of carbonyl (C=O) groups excluding carboxylic acids is 2. The Balaban J connectivity index is 2.97. The van der Waals surface area contributed by atoms with Crippen LogP contribution in [0, 0.1) is 12.3 Å². The zero-order chi connectivity index (χ0) is 14.8. The van der Waals surface area contributed by atoms with E-state index in [4.69, 9.17) is 5.73 Å². The quantitative estimate of drug-likeness (QED) is 0.833. The average Bonchev–Trinajstić information content (AvgIpc) is 2.68. The van der Waals surface area contributed by atoms with Crippen LogP contribution in [0.1, 0.15) is 36.0 Å². The van der Waals surface area contributed by atoms with E-state index in [9.17, 15) is 9.59 Å². The van der Waals surface area contributed by atoms with Crippen molar-refractivity contribution in [3.63, 3.8) is 0 Å². The molecule has 1 heterocycles. The van der Waals surface area contributed by atoms with Crippen LogP contribution in [-0.4, -0.2) is 25.0 Å². The third-order valence-corrected chi connectivity index (χ3v) is 3.89. The Bertz CT molecular complexity index is 489. The molecule has 0 radical (unpaired) electrons. The third-order valence-electron chi connectivity index (χ3n) is 2.81. The molecule has 0 saturated heterocycles. The van der Waals surface area contributed by atoms with E-state index in [1.165, 1.54) is 18.4 Å². The first-order chi connectivity index (χ1) is 8.68. The highest BCUT2D eigenvalue weighted by Gasteiger charge is 2.29. The van der Waals surface area contributed by atoms with Crippen molar-refractivity contribution >= 4 is 28.9 Å². The number of amides is 1. The van der Waals surface area contributed by atoms with Crippen molar-refractivity contribution in [1.29, 1.82) is 0 Å².